The Morgan fingerprint density at radius 1 is 1.20 bits per heavy atom. The summed E-state index contributed by atoms with van der Waals surface area (Å²) in [6.45, 7) is 3.23. The lowest BCUT2D eigenvalue weighted by atomic mass is 10.3. The molecular weight excluding hydrogens is 136 g/mol. The van der Waals surface area contributed by atoms with E-state index in [9.17, 15) is 19.8 Å². The van der Waals surface area contributed by atoms with Gasteiger partial charge in [0.2, 0.25) is 0 Å². The number of aliphatic carboxylic acids is 2. The first-order valence-electron chi connectivity index (χ1n) is 2.66. The van der Waals surface area contributed by atoms with Crippen LogP contribution in [0, 0.1) is 11.8 Å². The van der Waals surface area contributed by atoms with Gasteiger partial charge in [-0.15, -0.1) is 0 Å². The molecule has 0 aromatic heterocycles. The van der Waals surface area contributed by atoms with Gasteiger partial charge in [0.25, 0.3) is 0 Å². The van der Waals surface area contributed by atoms with Gasteiger partial charge in [-0.2, -0.15) is 0 Å². The molecule has 1 fully saturated rings. The van der Waals surface area contributed by atoms with Gasteiger partial charge in [0.15, 0.2) is 0 Å². The first-order valence-corrected chi connectivity index (χ1v) is 2.66. The molecule has 0 aliphatic heterocycles. The molecule has 0 N–H and O–H groups in total. The lowest BCUT2D eigenvalue weighted by Crippen LogP contribution is -2.30. The van der Waals surface area contributed by atoms with E-state index in [1.165, 1.54) is 0 Å². The lowest BCUT2D eigenvalue weighted by molar-refractivity contribution is -0.316. The molecule has 4 heteroatoms. The summed E-state index contributed by atoms with van der Waals surface area (Å²) >= 11 is 0. The van der Waals surface area contributed by atoms with Crippen LogP contribution in [-0.4, -0.2) is 11.9 Å². The summed E-state index contributed by atoms with van der Waals surface area (Å²) in [5.74, 6) is -4.83. The predicted molar refractivity (Wildman–Crippen MR) is 26.1 cm³/mol. The molecule has 4 nitrogen and oxygen atoms in total. The molecule has 0 radical (unpaired) electrons. The third-order valence-electron chi connectivity index (χ3n) is 1.53. The maximum atomic E-state index is 10.0. The Bertz CT molecular complexity index is 196. The fraction of sp³-hybridized carbons (Fsp3) is 0.333. The number of carboxylic acids is 2. The minimum absolute atomic E-state index is 0.167. The number of carboxylic acid groups (broad SMARTS) is 2. The highest BCUT2D eigenvalue weighted by Crippen LogP contribution is 2.43. The van der Waals surface area contributed by atoms with Gasteiger partial charge in [-0.1, -0.05) is 12.2 Å². The third kappa shape index (κ3) is 0.775. The fourth-order valence-electron chi connectivity index (χ4n) is 0.890. The van der Waals surface area contributed by atoms with Crippen molar-refractivity contribution in [2.45, 2.75) is 0 Å². The van der Waals surface area contributed by atoms with Gasteiger partial charge in [0.05, 0.1) is 0 Å². The Morgan fingerprint density at radius 2 is 1.50 bits per heavy atom. The van der Waals surface area contributed by atoms with Crippen LogP contribution in [0.3, 0.4) is 0 Å². The van der Waals surface area contributed by atoms with Crippen LogP contribution >= 0.6 is 0 Å². The second kappa shape index (κ2) is 1.83. The molecule has 2 atom stereocenters. The van der Waals surface area contributed by atoms with E-state index in [4.69, 9.17) is 0 Å². The van der Waals surface area contributed by atoms with Crippen LogP contribution in [0.1, 0.15) is 0 Å². The van der Waals surface area contributed by atoms with Crippen LogP contribution in [0.25, 0.3) is 0 Å². The number of carbonyl (C=O) groups excluding carboxylic acids is 2. The molecule has 10 heavy (non-hydrogen) atoms. The maximum absolute atomic E-state index is 10.0. The van der Waals surface area contributed by atoms with Crippen LogP contribution in [0.15, 0.2) is 12.2 Å². The Morgan fingerprint density at radius 3 is 1.60 bits per heavy atom. The molecule has 0 spiro atoms. The zero-order chi connectivity index (χ0) is 7.89. The molecule has 1 saturated carbocycles. The van der Waals surface area contributed by atoms with Gasteiger partial charge in [-0.3, -0.25) is 0 Å². The summed E-state index contributed by atoms with van der Waals surface area (Å²) in [6, 6.07) is 0. The van der Waals surface area contributed by atoms with Crippen molar-refractivity contribution in [2.75, 3.05) is 0 Å². The van der Waals surface area contributed by atoms with Crippen LogP contribution < -0.4 is 10.2 Å². The van der Waals surface area contributed by atoms with Gasteiger partial charge in [0.1, 0.15) is 0 Å². The van der Waals surface area contributed by atoms with Crippen LogP contribution in [0.4, 0.5) is 0 Å². The van der Waals surface area contributed by atoms with E-state index in [-0.39, 0.29) is 5.57 Å². The molecule has 1 aliphatic rings. The number of hydrogen-bond acceptors (Lipinski definition) is 4. The monoisotopic (exact) mass is 140 g/mol. The molecule has 0 unspecified atom stereocenters. The van der Waals surface area contributed by atoms with E-state index in [2.05, 4.69) is 6.58 Å². The lowest BCUT2D eigenvalue weighted by Gasteiger charge is -1.98. The second-order valence-electron chi connectivity index (χ2n) is 2.17. The van der Waals surface area contributed by atoms with Crippen molar-refractivity contribution in [3.63, 3.8) is 0 Å². The maximum Gasteiger partial charge on any atom is 0.0495 e. The second-order valence-corrected chi connectivity index (χ2v) is 2.17. The normalized spacial score (nSPS) is 29.8. The van der Waals surface area contributed by atoms with E-state index >= 15 is 0 Å². The molecule has 0 amide bonds. The number of rotatable bonds is 2. The van der Waals surface area contributed by atoms with Crippen molar-refractivity contribution >= 4 is 11.9 Å². The van der Waals surface area contributed by atoms with Gasteiger partial charge in [-0.25, -0.2) is 0 Å². The van der Waals surface area contributed by atoms with Crippen LogP contribution in [0.5, 0.6) is 0 Å². The Balaban J connectivity index is 2.66. The van der Waals surface area contributed by atoms with Crippen molar-refractivity contribution in [1.29, 1.82) is 0 Å². The van der Waals surface area contributed by atoms with Crippen LogP contribution in [0.2, 0.25) is 0 Å². The van der Waals surface area contributed by atoms with Crippen molar-refractivity contribution in [2.24, 2.45) is 11.8 Å². The summed E-state index contributed by atoms with van der Waals surface area (Å²) in [5.41, 5.74) is 0.167. The summed E-state index contributed by atoms with van der Waals surface area (Å²) in [6.07, 6.45) is 0. The Kier molecular flexibility index (Phi) is 1.24. The topological polar surface area (TPSA) is 80.3 Å². The van der Waals surface area contributed by atoms with E-state index in [1.54, 1.807) is 0 Å². The molecule has 54 valence electrons. The average Bonchev–Trinajstić information content (AvgIpc) is 2.40. The highest BCUT2D eigenvalue weighted by Gasteiger charge is 2.44. The smallest absolute Gasteiger partial charge is 0.0495 e. The third-order valence-corrected chi connectivity index (χ3v) is 1.53. The van der Waals surface area contributed by atoms with Crippen molar-refractivity contribution in [3.05, 3.63) is 12.2 Å². The first-order chi connectivity index (χ1) is 4.55. The first kappa shape index (κ1) is 6.80. The summed E-state index contributed by atoms with van der Waals surface area (Å²) < 4.78 is 0. The largest absolute Gasteiger partial charge is 0.549 e. The molecule has 0 aromatic rings. The number of carbonyl (C=O) groups is 2. The minimum atomic E-state index is -1.39. The van der Waals surface area contributed by atoms with E-state index in [0.29, 0.717) is 0 Å². The van der Waals surface area contributed by atoms with E-state index < -0.39 is 23.8 Å². The van der Waals surface area contributed by atoms with Crippen molar-refractivity contribution < 1.29 is 19.8 Å². The molecule has 0 saturated heterocycles. The zero-order valence-electron chi connectivity index (χ0n) is 4.99. The summed E-state index contributed by atoms with van der Waals surface area (Å²) in [4.78, 5) is 20.0. The average molecular weight is 140 g/mol. The summed E-state index contributed by atoms with van der Waals surface area (Å²) in [5, 5.41) is 20.0. The molecule has 1 aliphatic carbocycles. The highest BCUT2D eigenvalue weighted by molar-refractivity contribution is 5.91. The number of hydrogen-bond donors (Lipinski definition) is 0. The standard InChI is InChI=1S/C6H6O4/c1-2-3(5(7)8)4(2)6(9)10/h3-4H,1H2,(H,7,8)(H,9,10)/p-2/t3-,4-/m0/s1. The van der Waals surface area contributed by atoms with Crippen LogP contribution in [-0.2, 0) is 9.59 Å². The molecule has 0 bridgehead atoms. The fourth-order valence-corrected chi connectivity index (χ4v) is 0.890. The van der Waals surface area contributed by atoms with Crippen molar-refractivity contribution in [1.82, 2.24) is 0 Å². The quantitative estimate of drug-likeness (QED) is 0.390. The Labute approximate surface area is 56.8 Å². The van der Waals surface area contributed by atoms with Gasteiger partial charge in [0, 0.05) is 23.8 Å². The SMILES string of the molecule is C=C1[C@H](C(=O)[O-])[C@H]1C(=O)[O-]. The summed E-state index contributed by atoms with van der Waals surface area (Å²) in [7, 11) is 0. The minimum Gasteiger partial charge on any atom is -0.549 e. The molecular formula is C6H4O4-2. The Hall–Kier alpha value is -1.32. The molecule has 0 heterocycles. The van der Waals surface area contributed by atoms with E-state index in [1.807, 2.05) is 0 Å². The van der Waals surface area contributed by atoms with Gasteiger partial charge in [-0.05, 0) is 0 Å². The zero-order valence-corrected chi connectivity index (χ0v) is 4.99. The predicted octanol–water partition coefficient (Wildman–Crippen LogP) is -2.71. The van der Waals surface area contributed by atoms with Crippen molar-refractivity contribution in [3.8, 4) is 0 Å². The van der Waals surface area contributed by atoms with E-state index in [0.717, 1.165) is 0 Å². The van der Waals surface area contributed by atoms with Gasteiger partial charge >= 0.3 is 0 Å². The highest BCUT2D eigenvalue weighted by atomic mass is 16.4. The van der Waals surface area contributed by atoms with Gasteiger partial charge < -0.3 is 19.8 Å². The molecule has 1 rings (SSSR count). The molecule has 0 aromatic carbocycles.